The summed E-state index contributed by atoms with van der Waals surface area (Å²) in [7, 11) is 0. The number of primary amides is 1. The fourth-order valence-corrected chi connectivity index (χ4v) is 5.77. The number of thioether (sulfide) groups is 1. The maximum absolute atomic E-state index is 13.5. The predicted octanol–water partition coefficient (Wildman–Crippen LogP) is 3.54. The van der Waals surface area contributed by atoms with Crippen molar-refractivity contribution in [2.24, 2.45) is 11.7 Å². The molecule has 0 bridgehead atoms. The first-order valence-corrected chi connectivity index (χ1v) is 10.7. The van der Waals surface area contributed by atoms with Crippen LogP contribution in [-0.2, 0) is 17.6 Å². The molecule has 140 valence electrons. The molecule has 0 saturated carbocycles. The number of aromatic nitrogens is 2. The number of thiophene rings is 1. The van der Waals surface area contributed by atoms with Crippen LogP contribution in [-0.4, -0.2) is 20.7 Å². The fourth-order valence-electron chi connectivity index (χ4n) is 3.47. The van der Waals surface area contributed by atoms with Gasteiger partial charge in [-0.25, -0.2) is 4.98 Å². The Balaban J connectivity index is 1.97. The molecule has 4 rings (SSSR count). The quantitative estimate of drug-likeness (QED) is 0.538. The number of hydrogen-bond donors (Lipinski definition) is 1. The van der Waals surface area contributed by atoms with E-state index in [1.807, 2.05) is 30.3 Å². The summed E-state index contributed by atoms with van der Waals surface area (Å²) in [5.74, 6) is 0.207. The number of hydrogen-bond acceptors (Lipinski definition) is 5. The van der Waals surface area contributed by atoms with Crippen LogP contribution in [0.1, 0.15) is 30.7 Å². The summed E-state index contributed by atoms with van der Waals surface area (Å²) in [5, 5.41) is 0.775. The van der Waals surface area contributed by atoms with Crippen molar-refractivity contribution >= 4 is 39.2 Å². The van der Waals surface area contributed by atoms with E-state index in [1.54, 1.807) is 22.8 Å². The van der Waals surface area contributed by atoms with Crippen LogP contribution in [0.4, 0.5) is 0 Å². The van der Waals surface area contributed by atoms with Gasteiger partial charge in [-0.3, -0.25) is 14.2 Å². The maximum atomic E-state index is 13.5. The molecule has 3 aromatic rings. The van der Waals surface area contributed by atoms with Gasteiger partial charge in [0.15, 0.2) is 5.16 Å². The number of amides is 1. The molecule has 2 N–H and O–H groups in total. The van der Waals surface area contributed by atoms with E-state index in [-0.39, 0.29) is 5.56 Å². The van der Waals surface area contributed by atoms with Crippen LogP contribution in [0, 0.1) is 5.92 Å². The van der Waals surface area contributed by atoms with Crippen molar-refractivity contribution in [3.05, 3.63) is 51.1 Å². The molecule has 0 fully saturated rings. The van der Waals surface area contributed by atoms with Gasteiger partial charge in [0.25, 0.3) is 5.56 Å². The first-order valence-electron chi connectivity index (χ1n) is 9.04. The van der Waals surface area contributed by atoms with E-state index in [0.717, 1.165) is 40.7 Å². The van der Waals surface area contributed by atoms with Crippen LogP contribution in [0.3, 0.4) is 0 Å². The number of rotatable bonds is 4. The van der Waals surface area contributed by atoms with Crippen LogP contribution < -0.4 is 11.3 Å². The van der Waals surface area contributed by atoms with Gasteiger partial charge in [-0.2, -0.15) is 0 Å². The molecule has 0 saturated heterocycles. The lowest BCUT2D eigenvalue weighted by Crippen LogP contribution is -2.26. The highest BCUT2D eigenvalue weighted by molar-refractivity contribution is 8.00. The second-order valence-corrected chi connectivity index (χ2v) is 9.46. The van der Waals surface area contributed by atoms with Crippen molar-refractivity contribution < 1.29 is 4.79 Å². The maximum Gasteiger partial charge on any atom is 0.267 e. The summed E-state index contributed by atoms with van der Waals surface area (Å²) >= 11 is 2.85. The molecular weight excluding hydrogens is 378 g/mol. The minimum Gasteiger partial charge on any atom is -0.369 e. The zero-order valence-electron chi connectivity index (χ0n) is 15.3. The molecule has 2 aromatic heterocycles. The highest BCUT2D eigenvalue weighted by Crippen LogP contribution is 2.37. The topological polar surface area (TPSA) is 78.0 Å². The monoisotopic (exact) mass is 399 g/mol. The van der Waals surface area contributed by atoms with Crippen LogP contribution >= 0.6 is 23.1 Å². The van der Waals surface area contributed by atoms with Crippen LogP contribution in [0.2, 0.25) is 0 Å². The predicted molar refractivity (Wildman–Crippen MR) is 111 cm³/mol. The number of benzene rings is 1. The number of aryl methyl sites for hydroxylation is 1. The van der Waals surface area contributed by atoms with Crippen molar-refractivity contribution in [2.75, 3.05) is 0 Å². The number of fused-ring (bicyclic) bond motifs is 3. The summed E-state index contributed by atoms with van der Waals surface area (Å²) in [6, 6.07) is 9.46. The van der Waals surface area contributed by atoms with Crippen molar-refractivity contribution in [2.45, 2.75) is 43.5 Å². The highest BCUT2D eigenvalue weighted by Gasteiger charge is 2.26. The molecule has 5 nitrogen and oxygen atoms in total. The fraction of sp³-hybridized carbons (Fsp3) is 0.350. The lowest BCUT2D eigenvalue weighted by molar-refractivity contribution is -0.117. The standard InChI is InChI=1S/C20H21N3O2S2/c1-11-8-9-14-15(10-11)27-18-16(14)19(25)23(13-6-4-3-5-7-13)20(22-18)26-12(2)17(21)24/h3-7,11-12H,8-10H2,1-2H3,(H2,21,24)/t11-,12-/m0/s1. The smallest absolute Gasteiger partial charge is 0.267 e. The summed E-state index contributed by atoms with van der Waals surface area (Å²) in [6.45, 7) is 3.98. The molecule has 1 aliphatic carbocycles. The Morgan fingerprint density at radius 1 is 1.37 bits per heavy atom. The van der Waals surface area contributed by atoms with E-state index in [1.165, 1.54) is 16.6 Å². The number of nitrogens with zero attached hydrogens (tertiary/aromatic N) is 2. The minimum absolute atomic E-state index is 0.0579. The number of para-hydroxylation sites is 1. The van der Waals surface area contributed by atoms with Gasteiger partial charge in [-0.15, -0.1) is 11.3 Å². The van der Waals surface area contributed by atoms with Crippen molar-refractivity contribution in [1.29, 1.82) is 0 Å². The summed E-state index contributed by atoms with van der Waals surface area (Å²) in [4.78, 5) is 31.9. The molecule has 2 atom stereocenters. The van der Waals surface area contributed by atoms with Crippen molar-refractivity contribution in [3.8, 4) is 5.69 Å². The van der Waals surface area contributed by atoms with E-state index >= 15 is 0 Å². The average molecular weight is 400 g/mol. The van der Waals surface area contributed by atoms with Gasteiger partial charge in [-0.05, 0) is 49.8 Å². The average Bonchev–Trinajstić information content (AvgIpc) is 2.99. The molecule has 2 heterocycles. The third kappa shape index (κ3) is 3.30. The van der Waals surface area contributed by atoms with Gasteiger partial charge in [-0.1, -0.05) is 36.9 Å². The zero-order chi connectivity index (χ0) is 19.1. The summed E-state index contributed by atoms with van der Waals surface area (Å²) in [6.07, 6.45) is 3.02. The normalized spacial score (nSPS) is 17.6. The van der Waals surface area contributed by atoms with Gasteiger partial charge in [0.1, 0.15) is 4.83 Å². The number of carbonyl (C=O) groups excluding carboxylic acids is 1. The van der Waals surface area contributed by atoms with Crippen molar-refractivity contribution in [3.63, 3.8) is 0 Å². The van der Waals surface area contributed by atoms with Crippen LogP contribution in [0.25, 0.3) is 15.9 Å². The van der Waals surface area contributed by atoms with Gasteiger partial charge >= 0.3 is 0 Å². The van der Waals surface area contributed by atoms with E-state index in [2.05, 4.69) is 6.92 Å². The Labute approximate surface area is 165 Å². The Bertz CT molecular complexity index is 1070. The van der Waals surface area contributed by atoms with Gasteiger partial charge in [0.05, 0.1) is 16.3 Å². The number of nitrogens with two attached hydrogens (primary N) is 1. The molecule has 0 aliphatic heterocycles. The second-order valence-electron chi connectivity index (χ2n) is 7.06. The molecule has 27 heavy (non-hydrogen) atoms. The Hall–Kier alpha value is -2.12. The van der Waals surface area contributed by atoms with Crippen LogP contribution in [0.5, 0.6) is 0 Å². The summed E-state index contributed by atoms with van der Waals surface area (Å²) in [5.41, 5.74) is 7.30. The zero-order valence-corrected chi connectivity index (χ0v) is 16.9. The van der Waals surface area contributed by atoms with Gasteiger partial charge < -0.3 is 5.73 Å². The molecule has 1 amide bonds. The lowest BCUT2D eigenvalue weighted by atomic mass is 9.89. The Morgan fingerprint density at radius 3 is 2.81 bits per heavy atom. The van der Waals surface area contributed by atoms with Crippen molar-refractivity contribution in [1.82, 2.24) is 9.55 Å². The van der Waals surface area contributed by atoms with E-state index in [4.69, 9.17) is 10.7 Å². The van der Waals surface area contributed by atoms with E-state index in [0.29, 0.717) is 11.1 Å². The molecule has 1 aromatic carbocycles. The van der Waals surface area contributed by atoms with E-state index in [9.17, 15) is 9.59 Å². The molecule has 0 spiro atoms. The Kier molecular flexibility index (Phi) is 4.82. The molecule has 0 radical (unpaired) electrons. The largest absolute Gasteiger partial charge is 0.369 e. The first kappa shape index (κ1) is 18.3. The summed E-state index contributed by atoms with van der Waals surface area (Å²) < 4.78 is 1.62. The molecule has 7 heteroatoms. The third-order valence-electron chi connectivity index (χ3n) is 5.00. The number of carbonyl (C=O) groups is 1. The molecular formula is C20H21N3O2S2. The van der Waals surface area contributed by atoms with E-state index < -0.39 is 11.2 Å². The second kappa shape index (κ2) is 7.13. The van der Waals surface area contributed by atoms with Gasteiger partial charge in [0, 0.05) is 4.88 Å². The SMILES string of the molecule is C[C@H]1CCc2c(sc3nc(S[C@@H](C)C(N)=O)n(-c4ccccc4)c(=O)c23)C1. The van der Waals surface area contributed by atoms with Crippen LogP contribution in [0.15, 0.2) is 40.3 Å². The minimum atomic E-state index is -0.473. The molecule has 1 aliphatic rings. The Morgan fingerprint density at radius 2 is 2.11 bits per heavy atom. The van der Waals surface area contributed by atoms with Gasteiger partial charge in [0.2, 0.25) is 5.91 Å². The first-order chi connectivity index (χ1) is 13.0. The highest BCUT2D eigenvalue weighted by atomic mass is 32.2. The third-order valence-corrected chi connectivity index (χ3v) is 7.21. The lowest BCUT2D eigenvalue weighted by Gasteiger charge is -2.18. The molecule has 0 unspecified atom stereocenters.